The van der Waals surface area contributed by atoms with Gasteiger partial charge in [-0.2, -0.15) is 0 Å². The molecule has 0 radical (unpaired) electrons. The number of amides is 1. The van der Waals surface area contributed by atoms with Crippen molar-refractivity contribution < 1.29 is 28.8 Å². The maximum absolute atomic E-state index is 13.9. The number of aliphatic hydroxyl groups is 1. The predicted octanol–water partition coefficient (Wildman–Crippen LogP) is 4.33. The molecule has 0 saturated heterocycles. The average Bonchev–Trinajstić information content (AvgIpc) is 3.58. The van der Waals surface area contributed by atoms with Gasteiger partial charge in [0.15, 0.2) is 23.1 Å². The molecule has 196 valence electrons. The van der Waals surface area contributed by atoms with Crippen LogP contribution < -0.4 is 19.5 Å². The zero-order valence-corrected chi connectivity index (χ0v) is 21.0. The number of carbonyl (C=O) groups excluding carboxylic acids is 1. The van der Waals surface area contributed by atoms with Gasteiger partial charge in [-0.1, -0.05) is 42.5 Å². The van der Waals surface area contributed by atoms with Crippen molar-refractivity contribution in [1.29, 1.82) is 0 Å². The molecular weight excluding hydrogens is 484 g/mol. The molecule has 0 spiro atoms. The second-order valence-electron chi connectivity index (χ2n) is 9.06. The zero-order valence-electron chi connectivity index (χ0n) is 21.0. The number of hydrogen-bond acceptors (Lipinski definition) is 7. The van der Waals surface area contributed by atoms with Crippen molar-refractivity contribution in [2.24, 2.45) is 4.99 Å². The monoisotopic (exact) mass is 514 g/mol. The van der Waals surface area contributed by atoms with Crippen LogP contribution in [0.5, 0.6) is 17.2 Å². The first-order valence-corrected chi connectivity index (χ1v) is 12.6. The lowest BCUT2D eigenvalue weighted by Crippen LogP contribution is -2.47. The summed E-state index contributed by atoms with van der Waals surface area (Å²) in [5, 5.41) is 12.0. The van der Waals surface area contributed by atoms with Gasteiger partial charge >= 0.3 is 0 Å². The molecule has 0 fully saturated rings. The third kappa shape index (κ3) is 5.21. The van der Waals surface area contributed by atoms with Crippen molar-refractivity contribution in [3.63, 3.8) is 0 Å². The Morgan fingerprint density at radius 1 is 1.11 bits per heavy atom. The fraction of sp³-hybridized carbons (Fsp3) is 0.267. The van der Waals surface area contributed by atoms with Crippen LogP contribution >= 0.6 is 0 Å². The van der Waals surface area contributed by atoms with Crippen molar-refractivity contribution in [3.8, 4) is 17.2 Å². The highest BCUT2D eigenvalue weighted by Crippen LogP contribution is 2.43. The Kier molecular flexibility index (Phi) is 7.60. The standard InChI is InChI=1S/C30H30N2O6/c1-2-15-30(29(34)31-19-21-9-14-25-26(18-21)37-20-36-25)27(22-7-4-3-5-8-22)38-28(32-30)23-10-12-24(13-11-23)35-17-6-16-33/h2-5,7-14,18,27,33H,1,6,15-17,19-20H2,(H,31,34)/t27-,30-/m1/s1. The molecule has 2 atom stereocenters. The predicted molar refractivity (Wildman–Crippen MR) is 142 cm³/mol. The molecule has 38 heavy (non-hydrogen) atoms. The lowest BCUT2D eigenvalue weighted by molar-refractivity contribution is -0.129. The van der Waals surface area contributed by atoms with Crippen molar-refractivity contribution in [2.45, 2.75) is 31.0 Å². The van der Waals surface area contributed by atoms with Gasteiger partial charge in [-0.15, -0.1) is 6.58 Å². The fourth-order valence-corrected chi connectivity index (χ4v) is 4.55. The van der Waals surface area contributed by atoms with Crippen molar-refractivity contribution in [2.75, 3.05) is 20.0 Å². The van der Waals surface area contributed by atoms with Gasteiger partial charge in [-0.3, -0.25) is 4.79 Å². The third-order valence-electron chi connectivity index (χ3n) is 6.48. The van der Waals surface area contributed by atoms with Gasteiger partial charge in [0.05, 0.1) is 6.61 Å². The van der Waals surface area contributed by atoms with Crippen LogP contribution in [0.4, 0.5) is 0 Å². The first kappa shape index (κ1) is 25.4. The average molecular weight is 515 g/mol. The molecule has 2 aliphatic rings. The molecule has 3 aromatic rings. The van der Waals surface area contributed by atoms with Crippen LogP contribution in [0.25, 0.3) is 0 Å². The highest BCUT2D eigenvalue weighted by Gasteiger charge is 2.52. The minimum absolute atomic E-state index is 0.0751. The summed E-state index contributed by atoms with van der Waals surface area (Å²) in [6, 6.07) is 22.6. The molecule has 1 amide bonds. The van der Waals surface area contributed by atoms with Crippen molar-refractivity contribution in [3.05, 3.63) is 102 Å². The van der Waals surface area contributed by atoms with E-state index in [2.05, 4.69) is 11.9 Å². The summed E-state index contributed by atoms with van der Waals surface area (Å²) >= 11 is 0. The second-order valence-corrected chi connectivity index (χ2v) is 9.06. The first-order chi connectivity index (χ1) is 18.6. The highest BCUT2D eigenvalue weighted by atomic mass is 16.7. The largest absolute Gasteiger partial charge is 0.494 e. The summed E-state index contributed by atoms with van der Waals surface area (Å²) in [5.74, 6) is 2.14. The maximum Gasteiger partial charge on any atom is 0.252 e. The van der Waals surface area contributed by atoms with Crippen molar-refractivity contribution >= 4 is 11.8 Å². The number of nitrogens with one attached hydrogen (secondary N) is 1. The van der Waals surface area contributed by atoms with E-state index in [0.29, 0.717) is 42.7 Å². The van der Waals surface area contributed by atoms with Crippen LogP contribution in [0.2, 0.25) is 0 Å². The van der Waals surface area contributed by atoms with E-state index in [1.54, 1.807) is 6.08 Å². The number of carbonyl (C=O) groups is 1. The van der Waals surface area contributed by atoms with Crippen LogP contribution in [0, 0.1) is 0 Å². The van der Waals surface area contributed by atoms with Crippen LogP contribution in [0.15, 0.2) is 90.4 Å². The van der Waals surface area contributed by atoms with Gasteiger partial charge in [0.1, 0.15) is 5.75 Å². The van der Waals surface area contributed by atoms with E-state index in [0.717, 1.165) is 16.7 Å². The Balaban J connectivity index is 1.42. The summed E-state index contributed by atoms with van der Waals surface area (Å²) in [6.45, 7) is 4.90. The Hall–Kier alpha value is -4.30. The second kappa shape index (κ2) is 11.4. The third-order valence-corrected chi connectivity index (χ3v) is 6.48. The normalized spacial score (nSPS) is 19.4. The molecule has 2 aliphatic heterocycles. The fourth-order valence-electron chi connectivity index (χ4n) is 4.55. The number of fused-ring (bicyclic) bond motifs is 1. The number of hydrogen-bond donors (Lipinski definition) is 2. The molecule has 0 bridgehead atoms. The van der Waals surface area contributed by atoms with Crippen LogP contribution in [-0.2, 0) is 16.1 Å². The number of ether oxygens (including phenoxy) is 4. The molecule has 2 heterocycles. The number of rotatable bonds is 11. The molecule has 2 N–H and O–H groups in total. The zero-order chi connectivity index (χ0) is 26.4. The first-order valence-electron chi connectivity index (χ1n) is 12.6. The number of aliphatic imine (C=N–C) groups is 1. The highest BCUT2D eigenvalue weighted by molar-refractivity contribution is 6.01. The van der Waals surface area contributed by atoms with E-state index < -0.39 is 11.6 Å². The minimum Gasteiger partial charge on any atom is -0.494 e. The molecule has 3 aromatic carbocycles. The molecule has 0 aliphatic carbocycles. The Morgan fingerprint density at radius 2 is 1.89 bits per heavy atom. The molecule has 5 rings (SSSR count). The number of aliphatic hydroxyl groups excluding tert-OH is 1. The lowest BCUT2D eigenvalue weighted by Gasteiger charge is -2.29. The van der Waals surface area contributed by atoms with Crippen molar-refractivity contribution in [1.82, 2.24) is 5.32 Å². The van der Waals surface area contributed by atoms with Gasteiger partial charge in [0, 0.05) is 31.6 Å². The molecule has 0 saturated carbocycles. The summed E-state index contributed by atoms with van der Waals surface area (Å²) in [7, 11) is 0. The van der Waals surface area contributed by atoms with E-state index in [1.165, 1.54) is 0 Å². The van der Waals surface area contributed by atoms with Crippen LogP contribution in [0.1, 0.15) is 35.6 Å². The number of benzene rings is 3. The lowest BCUT2D eigenvalue weighted by atomic mass is 9.84. The van der Waals surface area contributed by atoms with Gasteiger partial charge < -0.3 is 29.4 Å². The molecule has 0 aromatic heterocycles. The Bertz CT molecular complexity index is 1310. The topological polar surface area (TPSA) is 98.6 Å². The molecule has 0 unspecified atom stereocenters. The van der Waals surface area contributed by atoms with Crippen LogP contribution in [-0.4, -0.2) is 42.5 Å². The summed E-state index contributed by atoms with van der Waals surface area (Å²) in [5.41, 5.74) is 1.21. The van der Waals surface area contributed by atoms with E-state index >= 15 is 0 Å². The van der Waals surface area contributed by atoms with Gasteiger partial charge in [-0.05, 0) is 47.5 Å². The van der Waals surface area contributed by atoms with Crippen LogP contribution in [0.3, 0.4) is 0 Å². The SMILES string of the molecule is C=CC[C@@]1(C(=O)NCc2ccc3c(c2)OCO3)N=C(c2ccc(OCCCO)cc2)O[C@@H]1c1ccccc1. The van der Waals surface area contributed by atoms with Gasteiger partial charge in [0.2, 0.25) is 12.7 Å². The minimum atomic E-state index is -1.24. The molecule has 8 nitrogen and oxygen atoms in total. The number of nitrogens with zero attached hydrogens (tertiary/aromatic N) is 1. The van der Waals surface area contributed by atoms with E-state index in [1.807, 2.05) is 72.8 Å². The Labute approximate surface area is 221 Å². The molecule has 8 heteroatoms. The summed E-state index contributed by atoms with van der Waals surface area (Å²) in [6.07, 6.45) is 1.89. The van der Waals surface area contributed by atoms with E-state index in [-0.39, 0.29) is 25.7 Å². The summed E-state index contributed by atoms with van der Waals surface area (Å²) in [4.78, 5) is 18.8. The maximum atomic E-state index is 13.9. The quantitative estimate of drug-likeness (QED) is 0.292. The van der Waals surface area contributed by atoms with Gasteiger partial charge in [0.25, 0.3) is 5.91 Å². The molecular formula is C30H30N2O6. The summed E-state index contributed by atoms with van der Waals surface area (Å²) < 4.78 is 22.9. The van der Waals surface area contributed by atoms with E-state index in [4.69, 9.17) is 29.0 Å². The van der Waals surface area contributed by atoms with E-state index in [9.17, 15) is 4.79 Å². The van der Waals surface area contributed by atoms with Gasteiger partial charge in [-0.25, -0.2) is 4.99 Å². The Morgan fingerprint density at radius 3 is 2.66 bits per heavy atom. The smallest absolute Gasteiger partial charge is 0.252 e.